The van der Waals surface area contributed by atoms with E-state index in [0.717, 1.165) is 25.9 Å². The molecule has 1 aliphatic heterocycles. The third kappa shape index (κ3) is 2.37. The Morgan fingerprint density at radius 1 is 1.47 bits per heavy atom. The molecule has 3 nitrogen and oxygen atoms in total. The molecule has 19 heavy (non-hydrogen) atoms. The van der Waals surface area contributed by atoms with Gasteiger partial charge in [0.1, 0.15) is 0 Å². The normalized spacial score (nSPS) is 28.3. The average molecular weight is 281 g/mol. The molecule has 104 valence electrons. The molecule has 1 aromatic carbocycles. The summed E-state index contributed by atoms with van der Waals surface area (Å²) in [6.45, 7) is 4.53. The van der Waals surface area contributed by atoms with Gasteiger partial charge in [-0.05, 0) is 35.9 Å². The zero-order chi connectivity index (χ0) is 12.8. The zero-order valence-electron chi connectivity index (χ0n) is 11.3. The Hall–Kier alpha value is -1.06. The van der Waals surface area contributed by atoms with Crippen LogP contribution in [0.15, 0.2) is 24.3 Å². The number of carbonyl (C=O) groups is 1. The standard InChI is InChI=1S/C15H20N2O.ClH/c1-15(9-16)6-7-17(10-15)14(18)13-8-11-4-2-3-5-12(11)13;/h2-5,13H,6-10,16H2,1H3;1H. The summed E-state index contributed by atoms with van der Waals surface area (Å²) in [6, 6.07) is 8.26. The van der Waals surface area contributed by atoms with Crippen molar-refractivity contribution in [3.63, 3.8) is 0 Å². The molecule has 3 rings (SSSR count). The van der Waals surface area contributed by atoms with Crippen molar-refractivity contribution < 1.29 is 4.79 Å². The maximum atomic E-state index is 12.5. The lowest BCUT2D eigenvalue weighted by Crippen LogP contribution is -2.40. The smallest absolute Gasteiger partial charge is 0.230 e. The number of nitrogens with two attached hydrogens (primary N) is 1. The van der Waals surface area contributed by atoms with Gasteiger partial charge in [-0.3, -0.25) is 4.79 Å². The topological polar surface area (TPSA) is 46.3 Å². The molecule has 0 saturated carbocycles. The van der Waals surface area contributed by atoms with E-state index in [4.69, 9.17) is 5.73 Å². The molecule has 1 heterocycles. The van der Waals surface area contributed by atoms with E-state index in [-0.39, 0.29) is 23.7 Å². The lowest BCUT2D eigenvalue weighted by molar-refractivity contribution is -0.132. The first kappa shape index (κ1) is 14.4. The van der Waals surface area contributed by atoms with E-state index in [1.54, 1.807) is 0 Å². The van der Waals surface area contributed by atoms with Crippen molar-refractivity contribution >= 4 is 18.3 Å². The molecule has 1 fully saturated rings. The zero-order valence-corrected chi connectivity index (χ0v) is 12.1. The number of rotatable bonds is 2. The Labute approximate surface area is 120 Å². The van der Waals surface area contributed by atoms with Crippen molar-refractivity contribution in [3.05, 3.63) is 35.4 Å². The van der Waals surface area contributed by atoms with Crippen LogP contribution in [0.2, 0.25) is 0 Å². The molecular formula is C15H21ClN2O. The lowest BCUT2D eigenvalue weighted by atomic mass is 9.77. The molecule has 1 aromatic rings. The fraction of sp³-hybridized carbons (Fsp3) is 0.533. The van der Waals surface area contributed by atoms with Gasteiger partial charge in [-0.1, -0.05) is 31.2 Å². The van der Waals surface area contributed by atoms with Gasteiger partial charge in [0.05, 0.1) is 5.92 Å². The number of hydrogen-bond acceptors (Lipinski definition) is 2. The first-order valence-corrected chi connectivity index (χ1v) is 6.70. The second kappa shape index (κ2) is 5.14. The van der Waals surface area contributed by atoms with Crippen LogP contribution in [0.1, 0.15) is 30.4 Å². The van der Waals surface area contributed by atoms with E-state index in [0.29, 0.717) is 12.5 Å². The van der Waals surface area contributed by atoms with Crippen LogP contribution in [-0.2, 0) is 11.2 Å². The molecule has 0 aromatic heterocycles. The molecule has 4 heteroatoms. The largest absolute Gasteiger partial charge is 0.342 e. The molecule has 1 aliphatic carbocycles. The molecule has 0 bridgehead atoms. The summed E-state index contributed by atoms with van der Waals surface area (Å²) < 4.78 is 0. The van der Waals surface area contributed by atoms with Crippen LogP contribution in [0, 0.1) is 5.41 Å². The minimum atomic E-state index is 0. The van der Waals surface area contributed by atoms with Gasteiger partial charge in [-0.25, -0.2) is 0 Å². The van der Waals surface area contributed by atoms with Crippen LogP contribution in [0.3, 0.4) is 0 Å². The number of halogens is 1. The Bertz CT molecular complexity index is 491. The summed E-state index contributed by atoms with van der Waals surface area (Å²) in [5.41, 5.74) is 8.47. The van der Waals surface area contributed by atoms with Gasteiger partial charge < -0.3 is 10.6 Å². The van der Waals surface area contributed by atoms with E-state index in [1.807, 2.05) is 17.0 Å². The van der Waals surface area contributed by atoms with Crippen LogP contribution in [0.25, 0.3) is 0 Å². The molecule has 0 spiro atoms. The number of fused-ring (bicyclic) bond motifs is 1. The molecular weight excluding hydrogens is 260 g/mol. The van der Waals surface area contributed by atoms with Crippen LogP contribution in [0.5, 0.6) is 0 Å². The van der Waals surface area contributed by atoms with Crippen molar-refractivity contribution in [2.45, 2.75) is 25.7 Å². The molecule has 1 amide bonds. The Morgan fingerprint density at radius 2 is 2.21 bits per heavy atom. The number of amides is 1. The van der Waals surface area contributed by atoms with Crippen molar-refractivity contribution in [2.24, 2.45) is 11.1 Å². The fourth-order valence-corrected chi connectivity index (χ4v) is 3.08. The van der Waals surface area contributed by atoms with Crippen molar-refractivity contribution in [3.8, 4) is 0 Å². The Morgan fingerprint density at radius 3 is 2.84 bits per heavy atom. The highest BCUT2D eigenvalue weighted by molar-refractivity contribution is 5.87. The third-order valence-electron chi connectivity index (χ3n) is 4.51. The highest BCUT2D eigenvalue weighted by atomic mass is 35.5. The van der Waals surface area contributed by atoms with Crippen LogP contribution < -0.4 is 5.73 Å². The Kier molecular flexibility index (Phi) is 3.88. The summed E-state index contributed by atoms with van der Waals surface area (Å²) in [4.78, 5) is 14.5. The van der Waals surface area contributed by atoms with E-state index < -0.39 is 0 Å². The van der Waals surface area contributed by atoms with Gasteiger partial charge in [-0.15, -0.1) is 12.4 Å². The predicted octanol–water partition coefficient (Wildman–Crippen LogP) is 1.95. The van der Waals surface area contributed by atoms with Gasteiger partial charge in [-0.2, -0.15) is 0 Å². The minimum Gasteiger partial charge on any atom is -0.342 e. The van der Waals surface area contributed by atoms with Crippen LogP contribution in [-0.4, -0.2) is 30.4 Å². The number of benzene rings is 1. The van der Waals surface area contributed by atoms with Gasteiger partial charge >= 0.3 is 0 Å². The van der Waals surface area contributed by atoms with Gasteiger partial charge in [0.25, 0.3) is 0 Å². The second-order valence-electron chi connectivity index (χ2n) is 5.98. The summed E-state index contributed by atoms with van der Waals surface area (Å²) in [7, 11) is 0. The highest BCUT2D eigenvalue weighted by Crippen LogP contribution is 2.38. The molecule has 2 N–H and O–H groups in total. The van der Waals surface area contributed by atoms with Crippen LogP contribution in [0.4, 0.5) is 0 Å². The van der Waals surface area contributed by atoms with E-state index in [1.165, 1.54) is 11.1 Å². The van der Waals surface area contributed by atoms with Crippen molar-refractivity contribution in [1.82, 2.24) is 4.90 Å². The second-order valence-corrected chi connectivity index (χ2v) is 5.98. The molecule has 1 saturated heterocycles. The summed E-state index contributed by atoms with van der Waals surface area (Å²) in [5, 5.41) is 0. The average Bonchev–Trinajstić information content (AvgIpc) is 2.74. The fourth-order valence-electron chi connectivity index (χ4n) is 3.08. The quantitative estimate of drug-likeness (QED) is 0.900. The minimum absolute atomic E-state index is 0. The monoisotopic (exact) mass is 280 g/mol. The van der Waals surface area contributed by atoms with Crippen LogP contribution >= 0.6 is 12.4 Å². The number of nitrogens with zero attached hydrogens (tertiary/aromatic N) is 1. The van der Waals surface area contributed by atoms with E-state index in [2.05, 4.69) is 19.1 Å². The van der Waals surface area contributed by atoms with E-state index in [9.17, 15) is 4.79 Å². The first-order chi connectivity index (χ1) is 8.63. The van der Waals surface area contributed by atoms with Crippen molar-refractivity contribution in [2.75, 3.05) is 19.6 Å². The van der Waals surface area contributed by atoms with Gasteiger partial charge in [0.2, 0.25) is 5.91 Å². The number of carbonyl (C=O) groups excluding carboxylic acids is 1. The number of likely N-dealkylation sites (tertiary alicyclic amines) is 1. The maximum Gasteiger partial charge on any atom is 0.230 e. The van der Waals surface area contributed by atoms with Gasteiger partial charge in [0, 0.05) is 13.1 Å². The van der Waals surface area contributed by atoms with Crippen molar-refractivity contribution in [1.29, 1.82) is 0 Å². The lowest BCUT2D eigenvalue weighted by Gasteiger charge is -2.33. The SMILES string of the molecule is CC1(CN)CCN(C(=O)C2Cc3ccccc32)C1.Cl. The van der Waals surface area contributed by atoms with E-state index >= 15 is 0 Å². The summed E-state index contributed by atoms with van der Waals surface area (Å²) in [6.07, 6.45) is 1.94. The Balaban J connectivity index is 0.00000133. The molecule has 2 aliphatic rings. The summed E-state index contributed by atoms with van der Waals surface area (Å²) >= 11 is 0. The number of hydrogen-bond donors (Lipinski definition) is 1. The highest BCUT2D eigenvalue weighted by Gasteiger charge is 2.40. The molecule has 2 unspecified atom stereocenters. The third-order valence-corrected chi connectivity index (χ3v) is 4.51. The van der Waals surface area contributed by atoms with Gasteiger partial charge in [0.15, 0.2) is 0 Å². The first-order valence-electron chi connectivity index (χ1n) is 6.70. The molecule has 0 radical (unpaired) electrons. The molecule has 2 atom stereocenters. The predicted molar refractivity (Wildman–Crippen MR) is 78.5 cm³/mol. The summed E-state index contributed by atoms with van der Waals surface area (Å²) in [5.74, 6) is 0.396. The maximum absolute atomic E-state index is 12.5.